The molecule has 0 saturated carbocycles. The standard InChI is InChI=1S/C14H18BrN3S/c1-2-5-17-12(13-8-11(15)9-19-13)7-10-4-3-6-18-14(10)16/h3-4,6,8-9,12,17H,2,5,7H2,1H3,(H2,16,18). The Bertz CT molecular complexity index is 527. The quantitative estimate of drug-likeness (QED) is 0.842. The van der Waals surface area contributed by atoms with Crippen LogP contribution in [-0.2, 0) is 6.42 Å². The molecule has 19 heavy (non-hydrogen) atoms. The van der Waals surface area contributed by atoms with E-state index in [1.165, 1.54) is 4.88 Å². The van der Waals surface area contributed by atoms with Crippen LogP contribution in [0.2, 0.25) is 0 Å². The van der Waals surface area contributed by atoms with E-state index in [0.29, 0.717) is 11.9 Å². The van der Waals surface area contributed by atoms with Crippen molar-refractivity contribution >= 4 is 33.1 Å². The first-order valence-electron chi connectivity index (χ1n) is 6.37. The zero-order chi connectivity index (χ0) is 13.7. The molecule has 0 spiro atoms. The summed E-state index contributed by atoms with van der Waals surface area (Å²) >= 11 is 5.28. The molecule has 0 aliphatic carbocycles. The molecule has 0 bridgehead atoms. The van der Waals surface area contributed by atoms with Crippen LogP contribution in [0, 0.1) is 0 Å². The smallest absolute Gasteiger partial charge is 0.126 e. The summed E-state index contributed by atoms with van der Waals surface area (Å²) in [6.45, 7) is 3.17. The van der Waals surface area contributed by atoms with Gasteiger partial charge in [-0.15, -0.1) is 11.3 Å². The van der Waals surface area contributed by atoms with Crippen molar-refractivity contribution in [1.29, 1.82) is 0 Å². The minimum absolute atomic E-state index is 0.294. The number of nitrogens with zero attached hydrogens (tertiary/aromatic N) is 1. The van der Waals surface area contributed by atoms with Crippen molar-refractivity contribution in [2.45, 2.75) is 25.8 Å². The highest BCUT2D eigenvalue weighted by molar-refractivity contribution is 9.10. The third-order valence-corrected chi connectivity index (χ3v) is 4.73. The largest absolute Gasteiger partial charge is 0.383 e. The van der Waals surface area contributed by atoms with Gasteiger partial charge in [-0.3, -0.25) is 0 Å². The fourth-order valence-electron chi connectivity index (χ4n) is 1.95. The lowest BCUT2D eigenvalue weighted by atomic mass is 10.1. The van der Waals surface area contributed by atoms with Gasteiger partial charge in [0.05, 0.1) is 0 Å². The summed E-state index contributed by atoms with van der Waals surface area (Å²) < 4.78 is 1.13. The number of hydrogen-bond acceptors (Lipinski definition) is 4. The monoisotopic (exact) mass is 339 g/mol. The molecule has 1 atom stereocenters. The minimum Gasteiger partial charge on any atom is -0.383 e. The third-order valence-electron chi connectivity index (χ3n) is 2.92. The maximum absolute atomic E-state index is 5.94. The Labute approximate surface area is 126 Å². The fraction of sp³-hybridized carbons (Fsp3) is 0.357. The van der Waals surface area contributed by atoms with E-state index < -0.39 is 0 Å². The van der Waals surface area contributed by atoms with Gasteiger partial charge in [0, 0.05) is 27.0 Å². The molecule has 5 heteroatoms. The first-order valence-corrected chi connectivity index (χ1v) is 8.04. The first kappa shape index (κ1) is 14.5. The Morgan fingerprint density at radius 3 is 3.00 bits per heavy atom. The normalized spacial score (nSPS) is 12.5. The summed E-state index contributed by atoms with van der Waals surface area (Å²) in [5.74, 6) is 0.626. The number of anilines is 1. The Morgan fingerprint density at radius 1 is 1.53 bits per heavy atom. The van der Waals surface area contributed by atoms with Gasteiger partial charge in [-0.25, -0.2) is 4.98 Å². The van der Waals surface area contributed by atoms with E-state index >= 15 is 0 Å². The number of nitrogen functional groups attached to an aromatic ring is 1. The first-order chi connectivity index (χ1) is 9.20. The minimum atomic E-state index is 0.294. The number of aromatic nitrogens is 1. The highest BCUT2D eigenvalue weighted by Gasteiger charge is 2.15. The van der Waals surface area contributed by atoms with Gasteiger partial charge in [-0.1, -0.05) is 13.0 Å². The van der Waals surface area contributed by atoms with Crippen molar-refractivity contribution in [3.05, 3.63) is 44.7 Å². The molecule has 0 radical (unpaired) electrons. The molecular weight excluding hydrogens is 322 g/mol. The van der Waals surface area contributed by atoms with E-state index in [4.69, 9.17) is 5.73 Å². The predicted molar refractivity (Wildman–Crippen MR) is 85.4 cm³/mol. The van der Waals surface area contributed by atoms with Crippen LogP contribution in [0.3, 0.4) is 0 Å². The summed E-state index contributed by atoms with van der Waals surface area (Å²) in [5, 5.41) is 5.69. The molecule has 3 nitrogen and oxygen atoms in total. The predicted octanol–water partition coefficient (Wildman–Crippen LogP) is 3.77. The molecule has 0 saturated heterocycles. The third kappa shape index (κ3) is 4.03. The van der Waals surface area contributed by atoms with Crippen molar-refractivity contribution in [2.75, 3.05) is 12.3 Å². The maximum Gasteiger partial charge on any atom is 0.126 e. The van der Waals surface area contributed by atoms with Gasteiger partial charge in [0.15, 0.2) is 0 Å². The average Bonchev–Trinajstić information content (AvgIpc) is 2.83. The Hall–Kier alpha value is -0.910. The lowest BCUT2D eigenvalue weighted by Gasteiger charge is -2.17. The van der Waals surface area contributed by atoms with Gasteiger partial charge >= 0.3 is 0 Å². The number of pyridine rings is 1. The Morgan fingerprint density at radius 2 is 2.37 bits per heavy atom. The van der Waals surface area contributed by atoms with Crippen LogP contribution >= 0.6 is 27.3 Å². The van der Waals surface area contributed by atoms with Gasteiger partial charge < -0.3 is 11.1 Å². The van der Waals surface area contributed by atoms with E-state index in [-0.39, 0.29) is 0 Å². The van der Waals surface area contributed by atoms with Crippen LogP contribution in [-0.4, -0.2) is 11.5 Å². The number of nitrogens with one attached hydrogen (secondary N) is 1. The molecule has 0 aromatic carbocycles. The number of hydrogen-bond donors (Lipinski definition) is 2. The van der Waals surface area contributed by atoms with Crippen molar-refractivity contribution in [2.24, 2.45) is 0 Å². The van der Waals surface area contributed by atoms with Crippen LogP contribution in [0.25, 0.3) is 0 Å². The second kappa shape index (κ2) is 7.03. The van der Waals surface area contributed by atoms with Gasteiger partial charge in [0.1, 0.15) is 5.82 Å². The number of thiophene rings is 1. The fourth-order valence-corrected chi connectivity index (χ4v) is 3.47. The Kier molecular flexibility index (Phi) is 5.36. The van der Waals surface area contributed by atoms with Crippen molar-refractivity contribution < 1.29 is 0 Å². The number of rotatable bonds is 6. The molecule has 2 rings (SSSR count). The van der Waals surface area contributed by atoms with Gasteiger partial charge in [0.2, 0.25) is 0 Å². The summed E-state index contributed by atoms with van der Waals surface area (Å²) in [5.41, 5.74) is 7.03. The molecule has 0 amide bonds. The van der Waals surface area contributed by atoms with E-state index in [2.05, 4.69) is 44.6 Å². The molecular formula is C14H18BrN3S. The lowest BCUT2D eigenvalue weighted by molar-refractivity contribution is 0.536. The van der Waals surface area contributed by atoms with Crippen LogP contribution < -0.4 is 11.1 Å². The molecule has 0 aliphatic rings. The van der Waals surface area contributed by atoms with E-state index in [9.17, 15) is 0 Å². The summed E-state index contributed by atoms with van der Waals surface area (Å²) in [6.07, 6.45) is 3.72. The summed E-state index contributed by atoms with van der Waals surface area (Å²) in [7, 11) is 0. The SMILES string of the molecule is CCCNC(Cc1cccnc1N)c1cc(Br)cs1. The maximum atomic E-state index is 5.94. The van der Waals surface area contributed by atoms with Crippen LogP contribution in [0.15, 0.2) is 34.2 Å². The average molecular weight is 340 g/mol. The van der Waals surface area contributed by atoms with Gasteiger partial charge in [-0.2, -0.15) is 0 Å². The molecule has 0 fully saturated rings. The van der Waals surface area contributed by atoms with E-state index in [0.717, 1.165) is 29.4 Å². The molecule has 1 unspecified atom stereocenters. The van der Waals surface area contributed by atoms with E-state index in [1.54, 1.807) is 17.5 Å². The summed E-state index contributed by atoms with van der Waals surface area (Å²) in [6, 6.07) is 6.45. The second-order valence-corrected chi connectivity index (χ2v) is 6.28. The number of halogens is 1. The van der Waals surface area contributed by atoms with Crippen molar-refractivity contribution in [1.82, 2.24) is 10.3 Å². The highest BCUT2D eigenvalue weighted by Crippen LogP contribution is 2.28. The molecule has 3 N–H and O–H groups in total. The van der Waals surface area contributed by atoms with Crippen LogP contribution in [0.5, 0.6) is 0 Å². The van der Waals surface area contributed by atoms with Crippen molar-refractivity contribution in [3.63, 3.8) is 0 Å². The molecule has 2 aromatic heterocycles. The van der Waals surface area contributed by atoms with Gasteiger partial charge in [0.25, 0.3) is 0 Å². The van der Waals surface area contributed by atoms with Crippen LogP contribution in [0.1, 0.15) is 29.8 Å². The molecule has 0 aliphatic heterocycles. The highest BCUT2D eigenvalue weighted by atomic mass is 79.9. The molecule has 102 valence electrons. The van der Waals surface area contributed by atoms with Crippen molar-refractivity contribution in [3.8, 4) is 0 Å². The topological polar surface area (TPSA) is 50.9 Å². The zero-order valence-corrected chi connectivity index (χ0v) is 13.3. The number of nitrogens with two attached hydrogens (primary N) is 1. The van der Waals surface area contributed by atoms with E-state index in [1.807, 2.05) is 12.1 Å². The second-order valence-electron chi connectivity index (χ2n) is 4.43. The molecule has 2 aromatic rings. The zero-order valence-electron chi connectivity index (χ0n) is 10.9. The lowest BCUT2D eigenvalue weighted by Crippen LogP contribution is -2.23. The summed E-state index contributed by atoms with van der Waals surface area (Å²) in [4.78, 5) is 5.48. The molecule has 2 heterocycles. The van der Waals surface area contributed by atoms with Crippen LogP contribution in [0.4, 0.5) is 5.82 Å². The van der Waals surface area contributed by atoms with Gasteiger partial charge in [-0.05, 0) is 53.0 Å². The Balaban J connectivity index is 2.16.